The van der Waals surface area contributed by atoms with Crippen LogP contribution in [0.5, 0.6) is 0 Å². The maximum atomic E-state index is 12.6. The van der Waals surface area contributed by atoms with Crippen LogP contribution in [0.4, 0.5) is 5.82 Å². The van der Waals surface area contributed by atoms with Gasteiger partial charge >= 0.3 is 0 Å². The van der Waals surface area contributed by atoms with Gasteiger partial charge in [0.25, 0.3) is 5.71 Å². The number of aromatic nitrogens is 3. The van der Waals surface area contributed by atoms with E-state index >= 15 is 0 Å². The van der Waals surface area contributed by atoms with Crippen LogP contribution < -0.4 is 10.2 Å². The Hall–Kier alpha value is -2.48. The Bertz CT molecular complexity index is 921. The summed E-state index contributed by atoms with van der Waals surface area (Å²) >= 11 is 1.66. The van der Waals surface area contributed by atoms with Crippen LogP contribution in [0.3, 0.4) is 0 Å². The molecule has 8 heteroatoms. The smallest absolute Gasteiger partial charge is 0.263 e. The molecule has 4 heterocycles. The Kier molecular flexibility index (Phi) is 4.58. The van der Waals surface area contributed by atoms with Gasteiger partial charge in [-0.15, -0.1) is 11.3 Å². The molecule has 0 bridgehead atoms. The summed E-state index contributed by atoms with van der Waals surface area (Å²) < 4.78 is 5.31. The van der Waals surface area contributed by atoms with Crippen molar-refractivity contribution in [3.05, 3.63) is 33.9 Å². The van der Waals surface area contributed by atoms with Crippen molar-refractivity contribution in [3.8, 4) is 0 Å². The quantitative estimate of drug-likeness (QED) is 0.759. The van der Waals surface area contributed by atoms with Gasteiger partial charge in [0.05, 0.1) is 18.2 Å². The number of fused-ring (bicyclic) bond motifs is 1. The molecule has 1 saturated heterocycles. The summed E-state index contributed by atoms with van der Waals surface area (Å²) in [6, 6.07) is 4.03. The van der Waals surface area contributed by atoms with Gasteiger partial charge in [0, 0.05) is 18.0 Å². The molecule has 1 aliphatic heterocycles. The summed E-state index contributed by atoms with van der Waals surface area (Å²) in [5.74, 6) is 1.52. The van der Waals surface area contributed by atoms with Gasteiger partial charge in [0.1, 0.15) is 17.0 Å². The molecule has 4 rings (SSSR count). The van der Waals surface area contributed by atoms with E-state index in [0.717, 1.165) is 36.3 Å². The van der Waals surface area contributed by atoms with Crippen LogP contribution in [-0.2, 0) is 11.3 Å². The predicted molar refractivity (Wildman–Crippen MR) is 100 cm³/mol. The van der Waals surface area contributed by atoms with Crippen molar-refractivity contribution in [1.82, 2.24) is 20.4 Å². The highest BCUT2D eigenvalue weighted by Crippen LogP contribution is 2.30. The largest absolute Gasteiger partial charge is 0.355 e. The van der Waals surface area contributed by atoms with E-state index in [0.29, 0.717) is 24.6 Å². The van der Waals surface area contributed by atoms with Crippen LogP contribution in [-0.4, -0.2) is 34.1 Å². The molecule has 1 fully saturated rings. The van der Waals surface area contributed by atoms with Crippen LogP contribution in [0, 0.1) is 19.8 Å². The van der Waals surface area contributed by atoms with Crippen molar-refractivity contribution in [2.24, 2.45) is 5.92 Å². The number of aryl methyl sites for hydroxylation is 2. The van der Waals surface area contributed by atoms with Gasteiger partial charge in [0.15, 0.2) is 0 Å². The van der Waals surface area contributed by atoms with Crippen LogP contribution in [0.2, 0.25) is 0 Å². The second-order valence-electron chi connectivity index (χ2n) is 6.62. The van der Waals surface area contributed by atoms with E-state index in [1.165, 1.54) is 4.88 Å². The van der Waals surface area contributed by atoms with Gasteiger partial charge in [-0.25, -0.2) is 4.98 Å². The van der Waals surface area contributed by atoms with Gasteiger partial charge in [-0.05, 0) is 38.1 Å². The Labute approximate surface area is 155 Å². The molecule has 3 aromatic rings. The van der Waals surface area contributed by atoms with Crippen molar-refractivity contribution in [2.45, 2.75) is 33.2 Å². The summed E-state index contributed by atoms with van der Waals surface area (Å²) in [5, 5.41) is 9.95. The Morgan fingerprint density at radius 1 is 1.42 bits per heavy atom. The first-order valence-electron chi connectivity index (χ1n) is 8.77. The molecule has 0 aliphatic carbocycles. The van der Waals surface area contributed by atoms with Crippen LogP contribution >= 0.6 is 11.3 Å². The summed E-state index contributed by atoms with van der Waals surface area (Å²) in [6.07, 6.45) is 1.84. The Morgan fingerprint density at radius 3 is 3.12 bits per heavy atom. The maximum Gasteiger partial charge on any atom is 0.263 e. The number of carbonyl (C=O) groups excluding carboxylic acids is 1. The second-order valence-corrected chi connectivity index (χ2v) is 7.66. The first-order valence-corrected chi connectivity index (χ1v) is 9.65. The zero-order valence-corrected chi connectivity index (χ0v) is 15.7. The molecule has 26 heavy (non-hydrogen) atoms. The van der Waals surface area contributed by atoms with E-state index < -0.39 is 0 Å². The minimum absolute atomic E-state index is 0.0470. The molecular weight excluding hydrogens is 350 g/mol. The standard InChI is InChI=1S/C18H21N5O2S/c1-11-15-16(20-12(2)21-18(15)25-22-11)23-7-3-5-13(10-23)17(24)19-9-14-6-4-8-26-14/h4,6,8,13H,3,5,7,9-10H2,1-2H3,(H,19,24). The number of nitrogens with zero attached hydrogens (tertiary/aromatic N) is 4. The topological polar surface area (TPSA) is 84.2 Å². The molecule has 0 saturated carbocycles. The van der Waals surface area contributed by atoms with Crippen molar-refractivity contribution >= 4 is 34.2 Å². The lowest BCUT2D eigenvalue weighted by Crippen LogP contribution is -2.43. The number of hydrogen-bond acceptors (Lipinski definition) is 7. The average molecular weight is 371 g/mol. The molecule has 3 aromatic heterocycles. The number of hydrogen-bond donors (Lipinski definition) is 1. The summed E-state index contributed by atoms with van der Waals surface area (Å²) in [4.78, 5) is 24.9. The minimum atomic E-state index is -0.0470. The maximum absolute atomic E-state index is 12.6. The third-order valence-corrected chi connectivity index (χ3v) is 5.58. The normalized spacial score (nSPS) is 17.6. The third kappa shape index (κ3) is 3.29. The average Bonchev–Trinajstić information content (AvgIpc) is 3.29. The number of amides is 1. The Balaban J connectivity index is 1.52. The SMILES string of the molecule is Cc1nc(N2CCCC(C(=O)NCc3cccs3)C2)c2c(C)noc2n1. The molecule has 136 valence electrons. The predicted octanol–water partition coefficient (Wildman–Crippen LogP) is 2.83. The molecule has 1 unspecified atom stereocenters. The van der Waals surface area contributed by atoms with Crippen LogP contribution in [0.15, 0.2) is 22.0 Å². The first-order chi connectivity index (χ1) is 12.6. The van der Waals surface area contributed by atoms with E-state index in [9.17, 15) is 4.79 Å². The van der Waals surface area contributed by atoms with Gasteiger partial charge in [-0.3, -0.25) is 4.79 Å². The van der Waals surface area contributed by atoms with Crippen molar-refractivity contribution in [3.63, 3.8) is 0 Å². The summed E-state index contributed by atoms with van der Waals surface area (Å²) in [6.45, 7) is 5.84. The number of rotatable bonds is 4. The third-order valence-electron chi connectivity index (χ3n) is 4.71. The van der Waals surface area contributed by atoms with Crippen LogP contribution in [0.1, 0.15) is 29.2 Å². The van der Waals surface area contributed by atoms with Gasteiger partial charge in [0.2, 0.25) is 5.91 Å². The highest BCUT2D eigenvalue weighted by Gasteiger charge is 2.28. The zero-order chi connectivity index (χ0) is 18.1. The molecule has 7 nitrogen and oxygen atoms in total. The fourth-order valence-electron chi connectivity index (χ4n) is 3.42. The molecule has 1 atom stereocenters. The van der Waals surface area contributed by atoms with E-state index in [-0.39, 0.29) is 11.8 Å². The highest BCUT2D eigenvalue weighted by atomic mass is 32.1. The van der Waals surface area contributed by atoms with E-state index in [1.807, 2.05) is 31.4 Å². The van der Waals surface area contributed by atoms with E-state index in [1.54, 1.807) is 11.3 Å². The van der Waals surface area contributed by atoms with Crippen molar-refractivity contribution < 1.29 is 9.32 Å². The Morgan fingerprint density at radius 2 is 2.31 bits per heavy atom. The zero-order valence-electron chi connectivity index (χ0n) is 14.9. The first kappa shape index (κ1) is 17.0. The number of nitrogens with one attached hydrogen (secondary N) is 1. The molecule has 1 amide bonds. The lowest BCUT2D eigenvalue weighted by atomic mass is 9.97. The number of anilines is 1. The fourth-order valence-corrected chi connectivity index (χ4v) is 4.06. The molecule has 0 spiro atoms. The monoisotopic (exact) mass is 371 g/mol. The van der Waals surface area contributed by atoms with E-state index in [4.69, 9.17) is 4.52 Å². The second kappa shape index (κ2) is 7.03. The number of piperidine rings is 1. The molecule has 1 aliphatic rings. The minimum Gasteiger partial charge on any atom is -0.355 e. The fraction of sp³-hybridized carbons (Fsp3) is 0.444. The van der Waals surface area contributed by atoms with E-state index in [2.05, 4.69) is 25.3 Å². The molecule has 0 aromatic carbocycles. The lowest BCUT2D eigenvalue weighted by molar-refractivity contribution is -0.125. The van der Waals surface area contributed by atoms with Gasteiger partial charge in [-0.1, -0.05) is 11.2 Å². The van der Waals surface area contributed by atoms with Crippen molar-refractivity contribution in [1.29, 1.82) is 0 Å². The molecular formula is C18H21N5O2S. The molecule has 1 N–H and O–H groups in total. The highest BCUT2D eigenvalue weighted by molar-refractivity contribution is 7.09. The number of carbonyl (C=O) groups is 1. The van der Waals surface area contributed by atoms with Gasteiger partial charge in [-0.2, -0.15) is 4.98 Å². The van der Waals surface area contributed by atoms with Crippen molar-refractivity contribution in [2.75, 3.05) is 18.0 Å². The summed E-state index contributed by atoms with van der Waals surface area (Å²) in [7, 11) is 0. The summed E-state index contributed by atoms with van der Waals surface area (Å²) in [5.41, 5.74) is 1.29. The molecule has 0 radical (unpaired) electrons. The number of thiophene rings is 1. The lowest BCUT2D eigenvalue weighted by Gasteiger charge is -2.33. The van der Waals surface area contributed by atoms with Crippen LogP contribution in [0.25, 0.3) is 11.1 Å². The van der Waals surface area contributed by atoms with Gasteiger partial charge < -0.3 is 14.7 Å².